The van der Waals surface area contributed by atoms with Crippen LogP contribution in [0.2, 0.25) is 0 Å². The molecule has 0 radical (unpaired) electrons. The molecule has 0 spiro atoms. The van der Waals surface area contributed by atoms with Gasteiger partial charge in [0.25, 0.3) is 0 Å². The first kappa shape index (κ1) is 21.0. The normalized spacial score (nSPS) is 12.4. The van der Waals surface area contributed by atoms with E-state index >= 15 is 0 Å². The van der Waals surface area contributed by atoms with Crippen LogP contribution in [-0.2, 0) is 14.3 Å². The van der Waals surface area contributed by atoms with Gasteiger partial charge in [-0.15, -0.1) is 0 Å². The number of hydrogen-bond donors (Lipinski definition) is 1. The van der Waals surface area contributed by atoms with Gasteiger partial charge < -0.3 is 19.5 Å². The van der Waals surface area contributed by atoms with Gasteiger partial charge in [0.1, 0.15) is 11.4 Å². The van der Waals surface area contributed by atoms with Crippen molar-refractivity contribution in [2.75, 3.05) is 13.7 Å². The molecule has 0 unspecified atom stereocenters. The highest BCUT2D eigenvalue weighted by molar-refractivity contribution is 5.73. The minimum Gasteiger partial charge on any atom is -0.444 e. The average molecular weight is 351 g/mol. The number of carbonyl (C=O) groups is 2. The van der Waals surface area contributed by atoms with Crippen LogP contribution in [0.4, 0.5) is 4.79 Å². The molecular formula is C19H29NO5. The Kier molecular flexibility index (Phi) is 8.41. The van der Waals surface area contributed by atoms with E-state index in [1.165, 1.54) is 0 Å². The molecule has 1 atom stereocenters. The SMILES string of the molecule is CC[C@@H](NC(=O)OC(C)(C)C)c1ccccc1OC(=O)CCCOC. The van der Waals surface area contributed by atoms with Gasteiger partial charge in [0.15, 0.2) is 0 Å². The number of nitrogens with one attached hydrogen (secondary N) is 1. The lowest BCUT2D eigenvalue weighted by Crippen LogP contribution is -2.35. The molecule has 0 saturated carbocycles. The van der Waals surface area contributed by atoms with E-state index in [0.29, 0.717) is 25.2 Å². The molecule has 6 heteroatoms. The Balaban J connectivity index is 2.81. The minimum absolute atomic E-state index is 0.276. The molecule has 0 aliphatic heterocycles. The number of esters is 1. The summed E-state index contributed by atoms with van der Waals surface area (Å²) in [6.45, 7) is 7.88. The maximum atomic E-state index is 12.1. The van der Waals surface area contributed by atoms with Gasteiger partial charge in [-0.2, -0.15) is 0 Å². The first-order valence-corrected chi connectivity index (χ1v) is 8.55. The number of benzene rings is 1. The second-order valence-corrected chi connectivity index (χ2v) is 6.72. The van der Waals surface area contributed by atoms with Crippen molar-refractivity contribution in [3.8, 4) is 5.75 Å². The van der Waals surface area contributed by atoms with Gasteiger partial charge in [-0.25, -0.2) is 4.79 Å². The van der Waals surface area contributed by atoms with Crippen LogP contribution in [0.5, 0.6) is 5.75 Å². The molecule has 0 fully saturated rings. The van der Waals surface area contributed by atoms with E-state index in [4.69, 9.17) is 14.2 Å². The minimum atomic E-state index is -0.574. The van der Waals surface area contributed by atoms with Gasteiger partial charge >= 0.3 is 12.1 Å². The second kappa shape index (κ2) is 10.0. The fourth-order valence-electron chi connectivity index (χ4n) is 2.25. The smallest absolute Gasteiger partial charge is 0.408 e. The van der Waals surface area contributed by atoms with Crippen LogP contribution in [0.15, 0.2) is 24.3 Å². The Morgan fingerprint density at radius 2 is 1.88 bits per heavy atom. The van der Waals surface area contributed by atoms with Crippen molar-refractivity contribution in [3.05, 3.63) is 29.8 Å². The fraction of sp³-hybridized carbons (Fsp3) is 0.579. The highest BCUT2D eigenvalue weighted by Crippen LogP contribution is 2.28. The topological polar surface area (TPSA) is 73.9 Å². The third-order valence-electron chi connectivity index (χ3n) is 3.35. The van der Waals surface area contributed by atoms with Crippen LogP contribution in [0.3, 0.4) is 0 Å². The Labute approximate surface area is 149 Å². The Morgan fingerprint density at radius 3 is 2.48 bits per heavy atom. The standard InChI is InChI=1S/C19H29NO5/c1-6-15(20-18(22)25-19(2,3)4)14-10-7-8-11-16(14)24-17(21)12-9-13-23-5/h7-8,10-11,15H,6,9,12-13H2,1-5H3,(H,20,22)/t15-/m1/s1. The predicted molar refractivity (Wildman–Crippen MR) is 95.6 cm³/mol. The van der Waals surface area contributed by atoms with E-state index in [0.717, 1.165) is 5.56 Å². The van der Waals surface area contributed by atoms with E-state index in [1.54, 1.807) is 19.2 Å². The van der Waals surface area contributed by atoms with Crippen molar-refractivity contribution in [3.63, 3.8) is 0 Å². The number of amides is 1. The molecule has 1 aromatic carbocycles. The number of para-hydroxylation sites is 1. The zero-order valence-corrected chi connectivity index (χ0v) is 15.8. The van der Waals surface area contributed by atoms with E-state index in [2.05, 4.69) is 5.32 Å². The molecule has 0 bridgehead atoms. The molecular weight excluding hydrogens is 322 g/mol. The van der Waals surface area contributed by atoms with Gasteiger partial charge in [0.05, 0.1) is 6.04 Å². The first-order chi connectivity index (χ1) is 11.8. The third-order valence-corrected chi connectivity index (χ3v) is 3.35. The maximum Gasteiger partial charge on any atom is 0.408 e. The number of hydrogen-bond acceptors (Lipinski definition) is 5. The summed E-state index contributed by atoms with van der Waals surface area (Å²) < 4.78 is 15.7. The van der Waals surface area contributed by atoms with Gasteiger partial charge in [-0.1, -0.05) is 25.1 Å². The molecule has 0 aliphatic rings. The summed E-state index contributed by atoms with van der Waals surface area (Å²) in [7, 11) is 1.59. The molecule has 0 saturated heterocycles. The van der Waals surface area contributed by atoms with Crippen molar-refractivity contribution in [2.45, 2.75) is 58.6 Å². The summed E-state index contributed by atoms with van der Waals surface area (Å²) in [5, 5.41) is 2.83. The summed E-state index contributed by atoms with van der Waals surface area (Å²) in [6.07, 6.45) is 1.02. The zero-order chi connectivity index (χ0) is 18.9. The molecule has 25 heavy (non-hydrogen) atoms. The lowest BCUT2D eigenvalue weighted by atomic mass is 10.0. The molecule has 1 rings (SSSR count). The number of rotatable bonds is 8. The average Bonchev–Trinajstić information content (AvgIpc) is 2.52. The molecule has 1 N–H and O–H groups in total. The number of alkyl carbamates (subject to hydrolysis) is 1. The highest BCUT2D eigenvalue weighted by Gasteiger charge is 2.22. The molecule has 1 amide bonds. The van der Waals surface area contributed by atoms with Gasteiger partial charge in [-0.3, -0.25) is 4.79 Å². The summed E-state index contributed by atoms with van der Waals surface area (Å²) in [5.74, 6) is 0.129. The van der Waals surface area contributed by atoms with E-state index in [1.807, 2.05) is 39.8 Å². The molecule has 140 valence electrons. The summed E-state index contributed by atoms with van der Waals surface area (Å²) in [5.41, 5.74) is 0.173. The summed E-state index contributed by atoms with van der Waals surface area (Å²) in [4.78, 5) is 24.0. The Bertz CT molecular complexity index is 565. The molecule has 6 nitrogen and oxygen atoms in total. The van der Waals surface area contributed by atoms with Crippen molar-refractivity contribution < 1.29 is 23.8 Å². The van der Waals surface area contributed by atoms with E-state index in [9.17, 15) is 9.59 Å². The monoisotopic (exact) mass is 351 g/mol. The van der Waals surface area contributed by atoms with E-state index in [-0.39, 0.29) is 18.4 Å². The van der Waals surface area contributed by atoms with Gasteiger partial charge in [0, 0.05) is 25.7 Å². The van der Waals surface area contributed by atoms with Crippen LogP contribution in [-0.4, -0.2) is 31.4 Å². The van der Waals surface area contributed by atoms with Crippen LogP contribution >= 0.6 is 0 Å². The Hall–Kier alpha value is -2.08. The van der Waals surface area contributed by atoms with Crippen LogP contribution < -0.4 is 10.1 Å². The summed E-state index contributed by atoms with van der Waals surface area (Å²) >= 11 is 0. The molecule has 1 aromatic rings. The number of ether oxygens (including phenoxy) is 3. The predicted octanol–water partition coefficient (Wildman–Crippen LogP) is 3.99. The van der Waals surface area contributed by atoms with Crippen molar-refractivity contribution >= 4 is 12.1 Å². The van der Waals surface area contributed by atoms with Gasteiger partial charge in [0.2, 0.25) is 0 Å². The van der Waals surface area contributed by atoms with E-state index < -0.39 is 11.7 Å². The first-order valence-electron chi connectivity index (χ1n) is 8.55. The lowest BCUT2D eigenvalue weighted by molar-refractivity contribution is -0.134. The molecule has 0 aliphatic carbocycles. The number of methoxy groups -OCH3 is 1. The quantitative estimate of drug-likeness (QED) is 0.435. The third kappa shape index (κ3) is 8.03. The molecule has 0 aromatic heterocycles. The summed E-state index contributed by atoms with van der Waals surface area (Å²) in [6, 6.07) is 6.89. The maximum absolute atomic E-state index is 12.1. The highest BCUT2D eigenvalue weighted by atomic mass is 16.6. The van der Waals surface area contributed by atoms with Crippen molar-refractivity contribution in [1.82, 2.24) is 5.32 Å². The molecule has 0 heterocycles. The van der Waals surface area contributed by atoms with Crippen molar-refractivity contribution in [1.29, 1.82) is 0 Å². The van der Waals surface area contributed by atoms with Crippen LogP contribution in [0.1, 0.15) is 58.6 Å². The zero-order valence-electron chi connectivity index (χ0n) is 15.8. The van der Waals surface area contributed by atoms with Crippen LogP contribution in [0, 0.1) is 0 Å². The fourth-order valence-corrected chi connectivity index (χ4v) is 2.25. The Morgan fingerprint density at radius 1 is 1.20 bits per heavy atom. The lowest BCUT2D eigenvalue weighted by Gasteiger charge is -2.24. The van der Waals surface area contributed by atoms with Gasteiger partial charge in [-0.05, 0) is 39.7 Å². The van der Waals surface area contributed by atoms with Crippen molar-refractivity contribution in [2.24, 2.45) is 0 Å². The number of carbonyl (C=O) groups excluding carboxylic acids is 2. The second-order valence-electron chi connectivity index (χ2n) is 6.72. The van der Waals surface area contributed by atoms with Crippen LogP contribution in [0.25, 0.3) is 0 Å². The largest absolute Gasteiger partial charge is 0.444 e.